The maximum atomic E-state index is 11.8. The van der Waals surface area contributed by atoms with Crippen LogP contribution in [0.25, 0.3) is 0 Å². The summed E-state index contributed by atoms with van der Waals surface area (Å²) < 4.78 is 0. The molecular weight excluding hydrogens is 222 g/mol. The maximum absolute atomic E-state index is 11.8. The van der Waals surface area contributed by atoms with Crippen LogP contribution in [0.5, 0.6) is 0 Å². The van der Waals surface area contributed by atoms with Gasteiger partial charge in [-0.25, -0.2) is 0 Å². The zero-order valence-corrected chi connectivity index (χ0v) is 11.0. The van der Waals surface area contributed by atoms with Gasteiger partial charge in [0.25, 0.3) is 0 Å². The van der Waals surface area contributed by atoms with E-state index in [1.807, 2.05) is 6.07 Å². The zero-order chi connectivity index (χ0) is 12.6. The van der Waals surface area contributed by atoms with Crippen LogP contribution in [0, 0.1) is 11.3 Å². The predicted molar refractivity (Wildman–Crippen MR) is 72.1 cm³/mol. The molecule has 1 aliphatic carbocycles. The van der Waals surface area contributed by atoms with Crippen molar-refractivity contribution in [2.45, 2.75) is 45.1 Å². The third-order valence-electron chi connectivity index (χ3n) is 4.76. The van der Waals surface area contributed by atoms with Crippen LogP contribution in [0.4, 0.5) is 0 Å². The van der Waals surface area contributed by atoms with Gasteiger partial charge in [-0.15, -0.1) is 0 Å². The van der Waals surface area contributed by atoms with Crippen molar-refractivity contribution < 1.29 is 4.79 Å². The highest BCUT2D eigenvalue weighted by atomic mass is 16.2. The van der Waals surface area contributed by atoms with E-state index >= 15 is 0 Å². The van der Waals surface area contributed by atoms with E-state index in [9.17, 15) is 4.79 Å². The standard InChI is InChI=1S/C16H21NO/c1-12-7-8-16(10-12)11-15(18)17-14(16)9-13-5-3-2-4-6-13/h2-6,12,14H,7-11H2,1H3,(H,17,18). The van der Waals surface area contributed by atoms with Gasteiger partial charge in [0.05, 0.1) is 0 Å². The number of rotatable bonds is 2. The molecule has 1 N–H and O–H groups in total. The fourth-order valence-corrected chi connectivity index (χ4v) is 3.87. The molecule has 0 radical (unpaired) electrons. The minimum Gasteiger partial charge on any atom is -0.352 e. The molecule has 18 heavy (non-hydrogen) atoms. The Kier molecular flexibility index (Phi) is 2.89. The zero-order valence-electron chi connectivity index (χ0n) is 11.0. The first-order chi connectivity index (χ1) is 8.68. The summed E-state index contributed by atoms with van der Waals surface area (Å²) in [7, 11) is 0. The Morgan fingerprint density at radius 3 is 2.78 bits per heavy atom. The molecule has 1 spiro atoms. The Bertz CT molecular complexity index is 442. The van der Waals surface area contributed by atoms with Crippen molar-refractivity contribution in [2.75, 3.05) is 0 Å². The molecule has 1 aliphatic heterocycles. The highest BCUT2D eigenvalue weighted by Gasteiger charge is 2.49. The Labute approximate surface area is 109 Å². The van der Waals surface area contributed by atoms with Crippen LogP contribution < -0.4 is 5.32 Å². The average Bonchev–Trinajstić information content (AvgIpc) is 2.85. The number of carbonyl (C=O) groups excluding carboxylic acids is 1. The van der Waals surface area contributed by atoms with E-state index in [2.05, 4.69) is 36.5 Å². The van der Waals surface area contributed by atoms with Crippen LogP contribution >= 0.6 is 0 Å². The topological polar surface area (TPSA) is 29.1 Å². The summed E-state index contributed by atoms with van der Waals surface area (Å²) in [5, 5.41) is 3.22. The van der Waals surface area contributed by atoms with E-state index in [4.69, 9.17) is 0 Å². The summed E-state index contributed by atoms with van der Waals surface area (Å²) in [5.74, 6) is 1.03. The Balaban J connectivity index is 1.80. The van der Waals surface area contributed by atoms with Gasteiger partial charge in [0.2, 0.25) is 5.91 Å². The van der Waals surface area contributed by atoms with Crippen molar-refractivity contribution in [3.63, 3.8) is 0 Å². The summed E-state index contributed by atoms with van der Waals surface area (Å²) in [4.78, 5) is 11.8. The monoisotopic (exact) mass is 243 g/mol. The third-order valence-corrected chi connectivity index (χ3v) is 4.76. The normalized spacial score (nSPS) is 35.1. The molecule has 2 heteroatoms. The molecule has 2 aliphatic rings. The molecule has 0 aromatic heterocycles. The molecule has 0 bridgehead atoms. The van der Waals surface area contributed by atoms with Crippen molar-refractivity contribution >= 4 is 5.91 Å². The lowest BCUT2D eigenvalue weighted by molar-refractivity contribution is -0.119. The van der Waals surface area contributed by atoms with Gasteiger partial charge in [-0.2, -0.15) is 0 Å². The molecule has 1 heterocycles. The van der Waals surface area contributed by atoms with Crippen molar-refractivity contribution in [1.29, 1.82) is 0 Å². The average molecular weight is 243 g/mol. The first kappa shape index (κ1) is 11.8. The SMILES string of the molecule is CC1CCC2(CC(=O)NC2Cc2ccccc2)C1. The minimum atomic E-state index is 0.242. The number of amides is 1. The van der Waals surface area contributed by atoms with Gasteiger partial charge in [0.1, 0.15) is 0 Å². The summed E-state index contributed by atoms with van der Waals surface area (Å²) in [6.07, 6.45) is 5.43. The lowest BCUT2D eigenvalue weighted by Crippen LogP contribution is -2.37. The summed E-state index contributed by atoms with van der Waals surface area (Å²) >= 11 is 0. The molecular formula is C16H21NO. The van der Waals surface area contributed by atoms with Crippen LogP contribution in [-0.2, 0) is 11.2 Å². The quantitative estimate of drug-likeness (QED) is 0.850. The van der Waals surface area contributed by atoms with Crippen LogP contribution in [0.15, 0.2) is 30.3 Å². The first-order valence-electron chi connectivity index (χ1n) is 7.01. The maximum Gasteiger partial charge on any atom is 0.220 e. The van der Waals surface area contributed by atoms with Gasteiger partial charge in [0.15, 0.2) is 0 Å². The van der Waals surface area contributed by atoms with E-state index in [0.717, 1.165) is 18.8 Å². The molecule has 1 aromatic rings. The molecule has 3 rings (SSSR count). The number of hydrogen-bond donors (Lipinski definition) is 1. The molecule has 96 valence electrons. The Morgan fingerprint density at radius 2 is 2.11 bits per heavy atom. The van der Waals surface area contributed by atoms with E-state index in [-0.39, 0.29) is 11.3 Å². The fraction of sp³-hybridized carbons (Fsp3) is 0.562. The van der Waals surface area contributed by atoms with Gasteiger partial charge < -0.3 is 5.32 Å². The molecule has 1 saturated carbocycles. The van der Waals surface area contributed by atoms with Crippen molar-refractivity contribution in [3.8, 4) is 0 Å². The van der Waals surface area contributed by atoms with Crippen LogP contribution in [0.2, 0.25) is 0 Å². The molecule has 1 amide bonds. The van der Waals surface area contributed by atoms with Crippen molar-refractivity contribution in [3.05, 3.63) is 35.9 Å². The lowest BCUT2D eigenvalue weighted by Gasteiger charge is -2.30. The van der Waals surface area contributed by atoms with Gasteiger partial charge in [-0.05, 0) is 36.2 Å². The fourth-order valence-electron chi connectivity index (χ4n) is 3.87. The second kappa shape index (κ2) is 4.42. The number of hydrogen-bond acceptors (Lipinski definition) is 1. The van der Waals surface area contributed by atoms with E-state index in [0.29, 0.717) is 6.04 Å². The largest absolute Gasteiger partial charge is 0.352 e. The van der Waals surface area contributed by atoms with Gasteiger partial charge >= 0.3 is 0 Å². The molecule has 2 nitrogen and oxygen atoms in total. The second-order valence-corrected chi connectivity index (χ2v) is 6.20. The van der Waals surface area contributed by atoms with Crippen LogP contribution in [0.3, 0.4) is 0 Å². The highest BCUT2D eigenvalue weighted by molar-refractivity contribution is 5.80. The number of nitrogens with one attached hydrogen (secondary N) is 1. The van der Waals surface area contributed by atoms with E-state index < -0.39 is 0 Å². The Hall–Kier alpha value is -1.31. The number of benzene rings is 1. The minimum absolute atomic E-state index is 0.242. The van der Waals surface area contributed by atoms with Gasteiger partial charge in [-0.1, -0.05) is 43.7 Å². The van der Waals surface area contributed by atoms with E-state index in [1.54, 1.807) is 0 Å². The molecule has 3 unspecified atom stereocenters. The second-order valence-electron chi connectivity index (χ2n) is 6.20. The first-order valence-corrected chi connectivity index (χ1v) is 7.01. The van der Waals surface area contributed by atoms with Gasteiger partial charge in [0, 0.05) is 12.5 Å². The molecule has 3 atom stereocenters. The Morgan fingerprint density at radius 1 is 1.33 bits per heavy atom. The summed E-state index contributed by atoms with van der Waals surface area (Å²) in [6.45, 7) is 2.32. The summed E-state index contributed by atoms with van der Waals surface area (Å²) in [6, 6.07) is 10.9. The smallest absolute Gasteiger partial charge is 0.220 e. The van der Waals surface area contributed by atoms with Crippen molar-refractivity contribution in [2.24, 2.45) is 11.3 Å². The molecule has 1 saturated heterocycles. The molecule has 1 aromatic carbocycles. The summed E-state index contributed by atoms with van der Waals surface area (Å²) in [5.41, 5.74) is 1.58. The molecule has 2 fully saturated rings. The number of carbonyl (C=O) groups is 1. The van der Waals surface area contributed by atoms with Crippen LogP contribution in [-0.4, -0.2) is 11.9 Å². The van der Waals surface area contributed by atoms with Gasteiger partial charge in [-0.3, -0.25) is 4.79 Å². The van der Waals surface area contributed by atoms with Crippen molar-refractivity contribution in [1.82, 2.24) is 5.32 Å². The highest BCUT2D eigenvalue weighted by Crippen LogP contribution is 2.50. The predicted octanol–water partition coefficient (Wildman–Crippen LogP) is 2.92. The lowest BCUT2D eigenvalue weighted by atomic mass is 9.76. The third kappa shape index (κ3) is 2.05. The van der Waals surface area contributed by atoms with Crippen LogP contribution in [0.1, 0.15) is 38.2 Å². The van der Waals surface area contributed by atoms with E-state index in [1.165, 1.54) is 24.8 Å².